The molecule has 0 aliphatic carbocycles. The number of aliphatic imine (C=N–C) groups is 1. The Balaban J connectivity index is 1.96. The van der Waals surface area contributed by atoms with Gasteiger partial charge in [0.25, 0.3) is 0 Å². The zero-order chi connectivity index (χ0) is 18.1. The van der Waals surface area contributed by atoms with Gasteiger partial charge in [0, 0.05) is 17.3 Å². The van der Waals surface area contributed by atoms with Crippen molar-refractivity contribution in [3.63, 3.8) is 0 Å². The Bertz CT molecular complexity index is 816. The van der Waals surface area contributed by atoms with E-state index in [4.69, 9.17) is 16.3 Å². The van der Waals surface area contributed by atoms with Crippen molar-refractivity contribution < 1.29 is 19.4 Å². The van der Waals surface area contributed by atoms with Crippen molar-refractivity contribution in [3.05, 3.63) is 65.2 Å². The summed E-state index contributed by atoms with van der Waals surface area (Å²) >= 11 is 0. The maximum Gasteiger partial charge on any atom is 0.188 e. The molecule has 0 spiro atoms. The van der Waals surface area contributed by atoms with Crippen LogP contribution in [0.2, 0.25) is 0 Å². The van der Waals surface area contributed by atoms with Crippen LogP contribution in [0.1, 0.15) is 26.3 Å². The number of benzene rings is 2. The standard InChI is InChI=1S/C20H17NO4/c1-2-10-25-18-8-6-15(7-9-18)12-21-13-19(23)16-4-3-5-17(11-16)20(24)14-22/h1,3-9,11-12,22H,10,13-14H2. The highest BCUT2D eigenvalue weighted by atomic mass is 16.5. The molecular weight excluding hydrogens is 318 g/mol. The Hall–Kier alpha value is -3.23. The average Bonchev–Trinajstić information content (AvgIpc) is 2.66. The van der Waals surface area contributed by atoms with E-state index >= 15 is 0 Å². The molecule has 0 radical (unpaired) electrons. The van der Waals surface area contributed by atoms with Crippen LogP contribution in [0.5, 0.6) is 5.75 Å². The van der Waals surface area contributed by atoms with Crippen LogP contribution in [0, 0.1) is 12.3 Å². The van der Waals surface area contributed by atoms with Gasteiger partial charge in [-0.2, -0.15) is 0 Å². The summed E-state index contributed by atoms with van der Waals surface area (Å²) in [5, 5.41) is 8.88. The molecule has 1 N–H and O–H groups in total. The summed E-state index contributed by atoms with van der Waals surface area (Å²) in [7, 11) is 0. The molecule has 0 saturated carbocycles. The average molecular weight is 335 g/mol. The van der Waals surface area contributed by atoms with Gasteiger partial charge in [-0.3, -0.25) is 14.6 Å². The summed E-state index contributed by atoms with van der Waals surface area (Å²) in [4.78, 5) is 27.7. The first kappa shape index (κ1) is 18.1. The second-order valence-corrected chi connectivity index (χ2v) is 5.12. The van der Waals surface area contributed by atoms with E-state index in [2.05, 4.69) is 10.9 Å². The Morgan fingerprint density at radius 1 is 1.12 bits per heavy atom. The smallest absolute Gasteiger partial charge is 0.188 e. The second-order valence-electron chi connectivity index (χ2n) is 5.12. The molecule has 2 rings (SSSR count). The Kier molecular flexibility index (Phi) is 6.64. The zero-order valence-electron chi connectivity index (χ0n) is 13.5. The molecule has 0 bridgehead atoms. The van der Waals surface area contributed by atoms with Crippen molar-refractivity contribution in [3.8, 4) is 18.1 Å². The fraction of sp³-hybridized carbons (Fsp3) is 0.150. The lowest BCUT2D eigenvalue weighted by atomic mass is 10.0. The molecule has 126 valence electrons. The third kappa shape index (κ3) is 5.41. The van der Waals surface area contributed by atoms with Gasteiger partial charge in [0.2, 0.25) is 0 Å². The number of carbonyl (C=O) groups excluding carboxylic acids is 2. The Labute approximate surface area is 146 Å². The highest BCUT2D eigenvalue weighted by Crippen LogP contribution is 2.11. The SMILES string of the molecule is C#CCOc1ccc(C=NCC(=O)c2cccc(C(=O)CO)c2)cc1. The highest BCUT2D eigenvalue weighted by molar-refractivity contribution is 6.03. The fourth-order valence-electron chi connectivity index (χ4n) is 2.06. The van der Waals surface area contributed by atoms with Crippen LogP contribution in [-0.2, 0) is 0 Å². The van der Waals surface area contributed by atoms with Gasteiger partial charge in [0.15, 0.2) is 11.6 Å². The predicted molar refractivity (Wildman–Crippen MR) is 95.4 cm³/mol. The van der Waals surface area contributed by atoms with Crippen LogP contribution < -0.4 is 4.74 Å². The molecule has 0 fully saturated rings. The molecule has 2 aromatic carbocycles. The van der Waals surface area contributed by atoms with Crippen molar-refractivity contribution >= 4 is 17.8 Å². The largest absolute Gasteiger partial charge is 0.481 e. The van der Waals surface area contributed by atoms with Crippen LogP contribution in [0.3, 0.4) is 0 Å². The lowest BCUT2D eigenvalue weighted by Gasteiger charge is -2.02. The number of aliphatic hydroxyl groups is 1. The van der Waals surface area contributed by atoms with Gasteiger partial charge < -0.3 is 9.84 Å². The van der Waals surface area contributed by atoms with Gasteiger partial charge in [-0.15, -0.1) is 6.42 Å². The lowest BCUT2D eigenvalue weighted by molar-refractivity contribution is 0.0903. The number of carbonyl (C=O) groups is 2. The number of Topliss-reactive ketones (excluding diaryl/α,β-unsaturated/α-hetero) is 2. The van der Waals surface area contributed by atoms with E-state index < -0.39 is 12.4 Å². The minimum absolute atomic E-state index is 0.0356. The number of nitrogens with zero attached hydrogens (tertiary/aromatic N) is 1. The molecular formula is C20H17NO4. The van der Waals surface area contributed by atoms with E-state index in [-0.39, 0.29) is 18.9 Å². The second kappa shape index (κ2) is 9.16. The molecule has 0 unspecified atom stereocenters. The molecule has 5 nitrogen and oxygen atoms in total. The van der Waals surface area contributed by atoms with E-state index in [0.717, 1.165) is 5.56 Å². The number of hydrogen-bond acceptors (Lipinski definition) is 5. The molecule has 0 aliphatic rings. The summed E-state index contributed by atoms with van der Waals surface area (Å²) in [6, 6.07) is 13.4. The maximum atomic E-state index is 12.1. The quantitative estimate of drug-likeness (QED) is 0.456. The molecule has 0 aromatic heterocycles. The summed E-state index contributed by atoms with van der Waals surface area (Å²) in [5.74, 6) is 2.41. The van der Waals surface area contributed by atoms with Gasteiger partial charge in [-0.1, -0.05) is 24.1 Å². The molecule has 2 aromatic rings. The minimum atomic E-state index is -0.586. The third-order valence-electron chi connectivity index (χ3n) is 3.33. The first-order valence-electron chi connectivity index (χ1n) is 7.57. The zero-order valence-corrected chi connectivity index (χ0v) is 13.5. The highest BCUT2D eigenvalue weighted by Gasteiger charge is 2.09. The van der Waals surface area contributed by atoms with Gasteiger partial charge in [-0.05, 0) is 35.9 Å². The minimum Gasteiger partial charge on any atom is -0.481 e. The molecule has 0 aliphatic heterocycles. The number of ketones is 2. The molecule has 0 saturated heterocycles. The summed E-state index contributed by atoms with van der Waals surface area (Å²) in [6.07, 6.45) is 6.71. The molecule has 0 heterocycles. The van der Waals surface area contributed by atoms with Crippen molar-refractivity contribution in [2.45, 2.75) is 0 Å². The number of ether oxygens (including phenoxy) is 1. The third-order valence-corrected chi connectivity index (χ3v) is 3.33. The maximum absolute atomic E-state index is 12.1. The van der Waals surface area contributed by atoms with E-state index in [1.165, 1.54) is 6.07 Å². The normalized spacial score (nSPS) is 10.4. The van der Waals surface area contributed by atoms with Gasteiger partial charge >= 0.3 is 0 Å². The van der Waals surface area contributed by atoms with Crippen molar-refractivity contribution in [1.29, 1.82) is 0 Å². The van der Waals surface area contributed by atoms with E-state index in [1.807, 2.05) is 0 Å². The van der Waals surface area contributed by atoms with Crippen molar-refractivity contribution in [1.82, 2.24) is 0 Å². The lowest BCUT2D eigenvalue weighted by Crippen LogP contribution is -2.08. The van der Waals surface area contributed by atoms with Crippen LogP contribution in [0.4, 0.5) is 0 Å². The predicted octanol–water partition coefficient (Wildman–Crippen LogP) is 2.18. The Morgan fingerprint density at radius 2 is 1.80 bits per heavy atom. The van der Waals surface area contributed by atoms with Crippen LogP contribution in [0.25, 0.3) is 0 Å². The number of aliphatic hydroxyl groups excluding tert-OH is 1. The molecule has 5 heteroatoms. The van der Waals surface area contributed by atoms with E-state index in [9.17, 15) is 9.59 Å². The number of terminal acetylenes is 1. The van der Waals surface area contributed by atoms with Crippen molar-refractivity contribution in [2.75, 3.05) is 19.8 Å². The van der Waals surface area contributed by atoms with Crippen LogP contribution >= 0.6 is 0 Å². The summed E-state index contributed by atoms with van der Waals surface area (Å²) < 4.78 is 5.27. The van der Waals surface area contributed by atoms with Crippen molar-refractivity contribution in [2.24, 2.45) is 4.99 Å². The monoisotopic (exact) mass is 335 g/mol. The molecule has 0 atom stereocenters. The summed E-state index contributed by atoms with van der Waals surface area (Å²) in [5.41, 5.74) is 1.51. The topological polar surface area (TPSA) is 76.0 Å². The van der Waals surface area contributed by atoms with Crippen LogP contribution in [-0.4, -0.2) is 42.6 Å². The molecule has 0 amide bonds. The first-order chi connectivity index (χ1) is 12.1. The molecule has 25 heavy (non-hydrogen) atoms. The van der Waals surface area contributed by atoms with Crippen LogP contribution in [0.15, 0.2) is 53.5 Å². The van der Waals surface area contributed by atoms with E-state index in [0.29, 0.717) is 16.9 Å². The summed E-state index contributed by atoms with van der Waals surface area (Å²) in [6.45, 7) is -0.414. The number of rotatable bonds is 8. The van der Waals surface area contributed by atoms with Gasteiger partial charge in [0.05, 0.1) is 0 Å². The fourth-order valence-corrected chi connectivity index (χ4v) is 2.06. The Morgan fingerprint density at radius 3 is 2.44 bits per heavy atom. The number of hydrogen-bond donors (Lipinski definition) is 1. The first-order valence-corrected chi connectivity index (χ1v) is 7.57. The van der Waals surface area contributed by atoms with E-state index in [1.54, 1.807) is 48.7 Å². The van der Waals surface area contributed by atoms with Gasteiger partial charge in [-0.25, -0.2) is 0 Å². The van der Waals surface area contributed by atoms with Gasteiger partial charge in [0.1, 0.15) is 25.5 Å².